The van der Waals surface area contributed by atoms with Crippen LogP contribution >= 0.6 is 23.1 Å². The third kappa shape index (κ3) is 5.88. The van der Waals surface area contributed by atoms with Crippen LogP contribution in [0.3, 0.4) is 0 Å². The number of benzene rings is 3. The molecule has 0 aliphatic carbocycles. The molecule has 3 heterocycles. The molecule has 4 aromatic rings. The van der Waals surface area contributed by atoms with Gasteiger partial charge in [-0.05, 0) is 66.2 Å². The van der Waals surface area contributed by atoms with Gasteiger partial charge in [0, 0.05) is 16.5 Å². The second-order valence-electron chi connectivity index (χ2n) is 10.6. The second kappa shape index (κ2) is 12.5. The first-order chi connectivity index (χ1) is 22.4. The van der Waals surface area contributed by atoms with E-state index in [1.165, 1.54) is 50.2 Å². The van der Waals surface area contributed by atoms with Gasteiger partial charge in [-0.1, -0.05) is 29.2 Å². The molecular formula is C31H28N4O9S3. The van der Waals surface area contributed by atoms with Gasteiger partial charge in [-0.25, -0.2) is 18.5 Å². The zero-order valence-corrected chi connectivity index (χ0v) is 27.6. The van der Waals surface area contributed by atoms with Gasteiger partial charge in [-0.2, -0.15) is 0 Å². The van der Waals surface area contributed by atoms with E-state index in [1.807, 2.05) is 0 Å². The molecule has 16 heteroatoms. The summed E-state index contributed by atoms with van der Waals surface area (Å²) in [5.41, 5.74) is 1.31. The van der Waals surface area contributed by atoms with Gasteiger partial charge >= 0.3 is 4.87 Å². The summed E-state index contributed by atoms with van der Waals surface area (Å²) >= 11 is 1.99. The van der Waals surface area contributed by atoms with Crippen molar-refractivity contribution in [1.82, 2.24) is 4.57 Å². The molecule has 3 atom stereocenters. The summed E-state index contributed by atoms with van der Waals surface area (Å²) in [6.07, 6.45) is 0. The van der Waals surface area contributed by atoms with Gasteiger partial charge < -0.3 is 19.5 Å². The molecule has 2 aliphatic rings. The third-order valence-electron chi connectivity index (χ3n) is 7.91. The molecule has 3 aromatic carbocycles. The van der Waals surface area contributed by atoms with Gasteiger partial charge in [0.05, 0.1) is 42.9 Å². The van der Waals surface area contributed by atoms with E-state index in [2.05, 4.69) is 5.32 Å². The van der Waals surface area contributed by atoms with Crippen molar-refractivity contribution in [1.29, 1.82) is 0 Å². The molecular weight excluding hydrogens is 669 g/mol. The number of imide groups is 1. The quantitative estimate of drug-likeness (QED) is 0.248. The number of rotatable bonds is 9. The highest BCUT2D eigenvalue weighted by Gasteiger charge is 2.57. The molecule has 2 unspecified atom stereocenters. The topological polar surface area (TPSA) is 176 Å². The lowest BCUT2D eigenvalue weighted by molar-refractivity contribution is -0.122. The Labute approximate surface area is 277 Å². The van der Waals surface area contributed by atoms with E-state index in [-0.39, 0.29) is 4.90 Å². The first kappa shape index (κ1) is 32.3. The number of aromatic nitrogens is 1. The van der Waals surface area contributed by atoms with Gasteiger partial charge in [0.2, 0.25) is 27.7 Å². The minimum atomic E-state index is -3.92. The molecule has 13 nitrogen and oxygen atoms in total. The van der Waals surface area contributed by atoms with Crippen molar-refractivity contribution in [2.75, 3.05) is 31.5 Å². The zero-order valence-electron chi connectivity index (χ0n) is 25.2. The van der Waals surface area contributed by atoms with E-state index in [9.17, 15) is 27.6 Å². The summed E-state index contributed by atoms with van der Waals surface area (Å²) in [5, 5.41) is 7.31. The molecule has 2 aliphatic heterocycles. The standard InChI is InChI=1S/C31H28N4O9S3/c1-42-19-9-7-18(8-10-19)35-28(37)25-24(16-4-13-21(43-2)22(14-16)44-3)27-30(45-26(25)29(35)38)34(31(39)46-27)15-23(36)33-17-5-11-20(12-6-17)47(32,40)41/h4-14,24-26H,15H2,1-3H3,(H,33,36)(H2,32,40,41)/t24-,25?,26?/m1/s1. The summed E-state index contributed by atoms with van der Waals surface area (Å²) in [7, 11) is 0.584. The molecule has 0 radical (unpaired) electrons. The molecule has 1 fully saturated rings. The second-order valence-corrected chi connectivity index (χ2v) is 14.3. The zero-order chi connectivity index (χ0) is 33.6. The Bertz CT molecular complexity index is 2060. The molecule has 244 valence electrons. The average Bonchev–Trinajstić information content (AvgIpc) is 3.50. The minimum absolute atomic E-state index is 0.120. The number of amides is 3. The minimum Gasteiger partial charge on any atom is -0.497 e. The first-order valence-electron chi connectivity index (χ1n) is 14.0. The fraction of sp³-hybridized carbons (Fsp3) is 0.226. The summed E-state index contributed by atoms with van der Waals surface area (Å²) in [4.78, 5) is 55.9. The van der Waals surface area contributed by atoms with Gasteiger partial charge in [0.25, 0.3) is 0 Å². The van der Waals surface area contributed by atoms with E-state index in [4.69, 9.17) is 19.3 Å². The number of sulfonamides is 1. The predicted molar refractivity (Wildman–Crippen MR) is 175 cm³/mol. The molecule has 0 bridgehead atoms. The Kier molecular flexibility index (Phi) is 8.61. The number of nitrogens with one attached hydrogen (secondary N) is 1. The number of nitrogens with zero attached hydrogens (tertiary/aromatic N) is 2. The van der Waals surface area contributed by atoms with Crippen LogP contribution in [-0.2, 0) is 31.0 Å². The number of carbonyl (C=O) groups excluding carboxylic acids is 3. The Morgan fingerprint density at radius 2 is 1.57 bits per heavy atom. The Morgan fingerprint density at radius 3 is 2.19 bits per heavy atom. The maximum atomic E-state index is 14.1. The number of thioether (sulfide) groups is 1. The lowest BCUT2D eigenvalue weighted by Crippen LogP contribution is -2.33. The predicted octanol–water partition coefficient (Wildman–Crippen LogP) is 3.02. The third-order valence-corrected chi connectivity index (χ3v) is 11.4. The fourth-order valence-electron chi connectivity index (χ4n) is 5.72. The first-order valence-corrected chi connectivity index (χ1v) is 17.3. The number of fused-ring (bicyclic) bond motifs is 2. The molecule has 3 amide bonds. The van der Waals surface area contributed by atoms with Crippen molar-refractivity contribution in [3.63, 3.8) is 0 Å². The van der Waals surface area contributed by atoms with E-state index < -0.39 is 56.2 Å². The van der Waals surface area contributed by atoms with Crippen molar-refractivity contribution in [2.45, 2.75) is 27.6 Å². The normalized spacial score (nSPS) is 18.8. The lowest BCUT2D eigenvalue weighted by Gasteiger charge is -2.31. The lowest BCUT2D eigenvalue weighted by atomic mass is 9.83. The van der Waals surface area contributed by atoms with Crippen LogP contribution in [-0.4, -0.2) is 57.3 Å². The summed E-state index contributed by atoms with van der Waals surface area (Å²) in [6.45, 7) is -0.394. The Balaban J connectivity index is 1.39. The SMILES string of the molecule is COc1ccc(N2C(=O)C3Sc4c(sc(=O)n4CC(=O)Nc4ccc(S(N)(=O)=O)cc4)[C@H](c4ccc(OC)c(OC)c4)C3C2=O)cc1. The van der Waals surface area contributed by atoms with Crippen LogP contribution in [0.1, 0.15) is 16.4 Å². The summed E-state index contributed by atoms with van der Waals surface area (Å²) < 4.78 is 40.6. The highest BCUT2D eigenvalue weighted by atomic mass is 32.2. The number of methoxy groups -OCH3 is 3. The Hall–Kier alpha value is -4.64. The van der Waals surface area contributed by atoms with Crippen molar-refractivity contribution in [3.8, 4) is 17.2 Å². The van der Waals surface area contributed by atoms with Gasteiger partial charge in [0.1, 0.15) is 17.5 Å². The van der Waals surface area contributed by atoms with Crippen LogP contribution in [0.5, 0.6) is 17.2 Å². The number of hydrogen-bond donors (Lipinski definition) is 2. The Morgan fingerprint density at radius 1 is 0.894 bits per heavy atom. The van der Waals surface area contributed by atoms with E-state index in [0.717, 1.165) is 28.0 Å². The molecule has 47 heavy (non-hydrogen) atoms. The van der Waals surface area contributed by atoms with E-state index in [0.29, 0.717) is 44.1 Å². The van der Waals surface area contributed by atoms with Gasteiger partial charge in [0.15, 0.2) is 11.5 Å². The molecule has 0 spiro atoms. The number of carbonyl (C=O) groups is 3. The maximum Gasteiger partial charge on any atom is 0.308 e. The number of thiazole rings is 1. The molecule has 1 saturated heterocycles. The van der Waals surface area contributed by atoms with Crippen LogP contribution in [0.25, 0.3) is 0 Å². The highest BCUT2D eigenvalue weighted by Crippen LogP contribution is 2.54. The number of nitrogens with two attached hydrogens (primary N) is 1. The fourth-order valence-corrected chi connectivity index (χ4v) is 9.01. The highest BCUT2D eigenvalue weighted by molar-refractivity contribution is 8.00. The van der Waals surface area contributed by atoms with Crippen LogP contribution in [0, 0.1) is 5.92 Å². The molecule has 1 aromatic heterocycles. The van der Waals surface area contributed by atoms with Crippen LogP contribution in [0.2, 0.25) is 0 Å². The summed E-state index contributed by atoms with van der Waals surface area (Å²) in [5.74, 6) is -1.58. The maximum absolute atomic E-state index is 14.1. The number of ether oxygens (including phenoxy) is 3. The van der Waals surface area contributed by atoms with Gasteiger partial charge in [-0.15, -0.1) is 0 Å². The van der Waals surface area contributed by atoms with Gasteiger partial charge in [-0.3, -0.25) is 23.7 Å². The van der Waals surface area contributed by atoms with Crippen LogP contribution in [0.15, 0.2) is 81.4 Å². The largest absolute Gasteiger partial charge is 0.497 e. The van der Waals surface area contributed by atoms with Crippen molar-refractivity contribution in [2.24, 2.45) is 11.1 Å². The molecule has 6 rings (SSSR count). The molecule has 0 saturated carbocycles. The smallest absolute Gasteiger partial charge is 0.308 e. The number of hydrogen-bond acceptors (Lipinski definition) is 11. The number of primary sulfonamides is 1. The monoisotopic (exact) mass is 696 g/mol. The summed E-state index contributed by atoms with van der Waals surface area (Å²) in [6, 6.07) is 17.0. The van der Waals surface area contributed by atoms with E-state index >= 15 is 0 Å². The van der Waals surface area contributed by atoms with Crippen molar-refractivity contribution >= 4 is 62.2 Å². The molecule has 3 N–H and O–H groups in total. The van der Waals surface area contributed by atoms with Crippen molar-refractivity contribution in [3.05, 3.63) is 86.8 Å². The average molecular weight is 697 g/mol. The van der Waals surface area contributed by atoms with Crippen LogP contribution < -0.4 is 34.4 Å². The number of anilines is 2. The van der Waals surface area contributed by atoms with Crippen molar-refractivity contribution < 1.29 is 37.0 Å². The van der Waals surface area contributed by atoms with E-state index in [1.54, 1.807) is 42.5 Å². The van der Waals surface area contributed by atoms with Crippen LogP contribution in [0.4, 0.5) is 11.4 Å².